The number of rotatable bonds is 2. The SMILES string of the molecule is NCc1ccc2nc(-c3cncnc3)[nH]c2c1. The van der Waals surface area contributed by atoms with Crippen LogP contribution in [-0.4, -0.2) is 19.9 Å². The van der Waals surface area contributed by atoms with Gasteiger partial charge in [-0.3, -0.25) is 0 Å². The van der Waals surface area contributed by atoms with E-state index < -0.39 is 0 Å². The summed E-state index contributed by atoms with van der Waals surface area (Å²) in [7, 11) is 0. The molecule has 3 N–H and O–H groups in total. The monoisotopic (exact) mass is 225 g/mol. The lowest BCUT2D eigenvalue weighted by atomic mass is 10.2. The molecule has 0 aliphatic heterocycles. The topological polar surface area (TPSA) is 80.5 Å². The Bertz CT molecular complexity index is 644. The van der Waals surface area contributed by atoms with Gasteiger partial charge in [-0.25, -0.2) is 15.0 Å². The Morgan fingerprint density at radius 1 is 1.18 bits per heavy atom. The van der Waals surface area contributed by atoms with Crippen molar-refractivity contribution in [3.05, 3.63) is 42.5 Å². The summed E-state index contributed by atoms with van der Waals surface area (Å²) in [4.78, 5) is 15.7. The Balaban J connectivity index is 2.14. The highest BCUT2D eigenvalue weighted by Crippen LogP contribution is 2.19. The lowest BCUT2D eigenvalue weighted by molar-refractivity contribution is 1.07. The molecule has 0 saturated carbocycles. The van der Waals surface area contributed by atoms with Crippen LogP contribution < -0.4 is 5.73 Å². The molecule has 3 aromatic rings. The number of nitrogens with zero attached hydrogens (tertiary/aromatic N) is 3. The largest absolute Gasteiger partial charge is 0.338 e. The molecule has 0 spiro atoms. The first kappa shape index (κ1) is 9.92. The third-order valence-electron chi connectivity index (χ3n) is 2.62. The zero-order chi connectivity index (χ0) is 11.7. The first-order valence-electron chi connectivity index (χ1n) is 5.31. The van der Waals surface area contributed by atoms with E-state index in [2.05, 4.69) is 19.9 Å². The highest BCUT2D eigenvalue weighted by Gasteiger charge is 2.05. The molecule has 0 aliphatic rings. The van der Waals surface area contributed by atoms with E-state index in [1.54, 1.807) is 12.4 Å². The number of nitrogens with two attached hydrogens (primary N) is 1. The number of aromatic nitrogens is 4. The molecule has 2 heterocycles. The third-order valence-corrected chi connectivity index (χ3v) is 2.62. The number of nitrogens with one attached hydrogen (secondary N) is 1. The summed E-state index contributed by atoms with van der Waals surface area (Å²) in [5, 5.41) is 0. The summed E-state index contributed by atoms with van der Waals surface area (Å²) in [6, 6.07) is 5.95. The van der Waals surface area contributed by atoms with Gasteiger partial charge in [0.25, 0.3) is 0 Å². The van der Waals surface area contributed by atoms with E-state index in [1.165, 1.54) is 6.33 Å². The molecule has 84 valence electrons. The number of hydrogen-bond acceptors (Lipinski definition) is 4. The van der Waals surface area contributed by atoms with Crippen molar-refractivity contribution < 1.29 is 0 Å². The fourth-order valence-electron chi connectivity index (χ4n) is 1.74. The maximum Gasteiger partial charge on any atom is 0.141 e. The molecule has 5 heteroatoms. The number of hydrogen-bond donors (Lipinski definition) is 2. The average Bonchev–Trinajstić information content (AvgIpc) is 2.82. The van der Waals surface area contributed by atoms with Crippen LogP contribution in [0.1, 0.15) is 5.56 Å². The summed E-state index contributed by atoms with van der Waals surface area (Å²) in [5.74, 6) is 0.773. The second-order valence-corrected chi connectivity index (χ2v) is 3.77. The van der Waals surface area contributed by atoms with Crippen LogP contribution in [0, 0.1) is 0 Å². The van der Waals surface area contributed by atoms with Gasteiger partial charge in [-0.2, -0.15) is 0 Å². The molecule has 0 fully saturated rings. The standard InChI is InChI=1S/C12H11N5/c13-4-8-1-2-10-11(3-8)17-12(16-10)9-5-14-7-15-6-9/h1-3,5-7H,4,13H2,(H,16,17). The van der Waals surface area contributed by atoms with Crippen molar-refractivity contribution in [2.75, 3.05) is 0 Å². The van der Waals surface area contributed by atoms with Crippen molar-refractivity contribution in [3.8, 4) is 11.4 Å². The molecule has 0 bridgehead atoms. The Kier molecular flexibility index (Phi) is 2.31. The normalized spacial score (nSPS) is 10.9. The molecule has 2 aromatic heterocycles. The van der Waals surface area contributed by atoms with E-state index in [-0.39, 0.29) is 0 Å². The molecule has 0 aliphatic carbocycles. The number of imidazole rings is 1. The highest BCUT2D eigenvalue weighted by molar-refractivity contribution is 5.79. The van der Waals surface area contributed by atoms with Crippen molar-refractivity contribution in [3.63, 3.8) is 0 Å². The second kappa shape index (κ2) is 3.95. The molecule has 0 saturated heterocycles. The maximum absolute atomic E-state index is 5.60. The van der Waals surface area contributed by atoms with Crippen LogP contribution in [-0.2, 0) is 6.54 Å². The lowest BCUT2D eigenvalue weighted by Gasteiger charge is -1.94. The van der Waals surface area contributed by atoms with Gasteiger partial charge in [0.05, 0.1) is 16.6 Å². The molecule has 0 unspecified atom stereocenters. The van der Waals surface area contributed by atoms with Gasteiger partial charge in [0, 0.05) is 18.9 Å². The van der Waals surface area contributed by atoms with Gasteiger partial charge in [0.2, 0.25) is 0 Å². The van der Waals surface area contributed by atoms with Crippen LogP contribution >= 0.6 is 0 Å². The van der Waals surface area contributed by atoms with Gasteiger partial charge in [0.1, 0.15) is 12.2 Å². The Morgan fingerprint density at radius 2 is 2.00 bits per heavy atom. The fourth-order valence-corrected chi connectivity index (χ4v) is 1.74. The number of aromatic amines is 1. The number of fused-ring (bicyclic) bond motifs is 1. The van der Waals surface area contributed by atoms with Crippen LogP contribution in [0.25, 0.3) is 22.4 Å². The molecule has 17 heavy (non-hydrogen) atoms. The Labute approximate surface area is 97.7 Å². The van der Waals surface area contributed by atoms with Crippen molar-refractivity contribution in [1.29, 1.82) is 0 Å². The quantitative estimate of drug-likeness (QED) is 0.692. The minimum absolute atomic E-state index is 0.527. The number of benzene rings is 1. The maximum atomic E-state index is 5.60. The minimum atomic E-state index is 0.527. The predicted octanol–water partition coefficient (Wildman–Crippen LogP) is 1.48. The molecular weight excluding hydrogens is 214 g/mol. The van der Waals surface area contributed by atoms with Gasteiger partial charge < -0.3 is 10.7 Å². The Hall–Kier alpha value is -2.27. The summed E-state index contributed by atoms with van der Waals surface area (Å²) in [6.07, 6.45) is 4.96. The van der Waals surface area contributed by atoms with Crippen molar-refractivity contribution in [2.24, 2.45) is 5.73 Å². The van der Waals surface area contributed by atoms with E-state index in [1.807, 2.05) is 18.2 Å². The van der Waals surface area contributed by atoms with E-state index in [4.69, 9.17) is 5.73 Å². The first-order chi connectivity index (χ1) is 8.36. The van der Waals surface area contributed by atoms with E-state index in [9.17, 15) is 0 Å². The van der Waals surface area contributed by atoms with Crippen LogP contribution in [0.3, 0.4) is 0 Å². The summed E-state index contributed by atoms with van der Waals surface area (Å²) >= 11 is 0. The third kappa shape index (κ3) is 1.76. The Morgan fingerprint density at radius 3 is 2.76 bits per heavy atom. The van der Waals surface area contributed by atoms with Crippen LogP contribution in [0.5, 0.6) is 0 Å². The van der Waals surface area contributed by atoms with Gasteiger partial charge >= 0.3 is 0 Å². The molecule has 3 rings (SSSR count). The lowest BCUT2D eigenvalue weighted by Crippen LogP contribution is -1.95. The van der Waals surface area contributed by atoms with Crippen molar-refractivity contribution in [2.45, 2.75) is 6.54 Å². The van der Waals surface area contributed by atoms with E-state index in [0.717, 1.165) is 28.0 Å². The van der Waals surface area contributed by atoms with Gasteiger partial charge in [-0.15, -0.1) is 0 Å². The molecule has 0 radical (unpaired) electrons. The molecule has 0 amide bonds. The summed E-state index contributed by atoms with van der Waals surface area (Å²) in [5.41, 5.74) is 9.45. The molecular formula is C12H11N5. The summed E-state index contributed by atoms with van der Waals surface area (Å²) in [6.45, 7) is 0.527. The van der Waals surface area contributed by atoms with E-state index >= 15 is 0 Å². The first-order valence-corrected chi connectivity index (χ1v) is 5.31. The smallest absolute Gasteiger partial charge is 0.141 e. The van der Waals surface area contributed by atoms with Gasteiger partial charge in [-0.1, -0.05) is 6.07 Å². The minimum Gasteiger partial charge on any atom is -0.338 e. The fraction of sp³-hybridized carbons (Fsp3) is 0.0833. The van der Waals surface area contributed by atoms with Crippen molar-refractivity contribution >= 4 is 11.0 Å². The van der Waals surface area contributed by atoms with Crippen LogP contribution in [0.4, 0.5) is 0 Å². The van der Waals surface area contributed by atoms with Gasteiger partial charge in [0.15, 0.2) is 0 Å². The van der Waals surface area contributed by atoms with Crippen LogP contribution in [0.2, 0.25) is 0 Å². The molecule has 0 atom stereocenters. The zero-order valence-electron chi connectivity index (χ0n) is 9.09. The van der Waals surface area contributed by atoms with Gasteiger partial charge in [-0.05, 0) is 17.7 Å². The highest BCUT2D eigenvalue weighted by atomic mass is 14.9. The summed E-state index contributed by atoms with van der Waals surface area (Å²) < 4.78 is 0. The van der Waals surface area contributed by atoms with Crippen molar-refractivity contribution in [1.82, 2.24) is 19.9 Å². The van der Waals surface area contributed by atoms with Crippen LogP contribution in [0.15, 0.2) is 36.9 Å². The predicted molar refractivity (Wildman–Crippen MR) is 65.0 cm³/mol. The van der Waals surface area contributed by atoms with E-state index in [0.29, 0.717) is 6.54 Å². The second-order valence-electron chi connectivity index (χ2n) is 3.77. The molecule has 5 nitrogen and oxygen atoms in total. The average molecular weight is 225 g/mol. The number of H-pyrrole nitrogens is 1. The zero-order valence-corrected chi connectivity index (χ0v) is 9.09. The molecule has 1 aromatic carbocycles.